The van der Waals surface area contributed by atoms with Crippen LogP contribution in [0.4, 0.5) is 0 Å². The number of para-hydroxylation sites is 4. The van der Waals surface area contributed by atoms with Crippen LogP contribution in [-0.2, 0) is 10.8 Å². The van der Waals surface area contributed by atoms with Gasteiger partial charge in [0.15, 0.2) is 0 Å². The molecule has 3 aromatic heterocycles. The molecule has 0 bridgehead atoms. The summed E-state index contributed by atoms with van der Waals surface area (Å²) >= 11 is 0. The Morgan fingerprint density at radius 1 is 0.321 bits per heavy atom. The van der Waals surface area contributed by atoms with Gasteiger partial charge >= 0.3 is 0 Å². The van der Waals surface area contributed by atoms with Crippen molar-refractivity contribution in [2.45, 2.75) is 57.8 Å². The minimum absolute atomic E-state index is 0.179. The molecule has 0 spiro atoms. The van der Waals surface area contributed by atoms with E-state index in [2.05, 4.69) is 302 Å². The number of fused-ring (bicyclic) bond motifs is 10. The van der Waals surface area contributed by atoms with E-state index in [0.29, 0.717) is 0 Å². The van der Waals surface area contributed by atoms with Crippen LogP contribution in [0.3, 0.4) is 0 Å². The summed E-state index contributed by atoms with van der Waals surface area (Å²) in [6.45, 7) is 9.50. The van der Waals surface area contributed by atoms with E-state index in [4.69, 9.17) is 0 Å². The van der Waals surface area contributed by atoms with Crippen molar-refractivity contribution in [3.8, 4) is 39.3 Å². The molecule has 0 aliphatic rings. The summed E-state index contributed by atoms with van der Waals surface area (Å²) in [6, 6.07) is 97.6. The molecule has 3 heteroatoms. The van der Waals surface area contributed by atoms with Crippen molar-refractivity contribution in [2.24, 2.45) is 0 Å². The molecule has 0 saturated carbocycles. The Kier molecular flexibility index (Phi) is 11.4. The Bertz CT molecular complexity index is 4570. The van der Waals surface area contributed by atoms with Gasteiger partial charge in [-0.3, -0.25) is 0 Å². The molecule has 0 fully saturated rings. The van der Waals surface area contributed by atoms with E-state index in [9.17, 15) is 0 Å². The molecule has 0 aliphatic carbocycles. The Morgan fingerprint density at radius 3 is 1.54 bits per heavy atom. The highest BCUT2D eigenvalue weighted by Crippen LogP contribution is 2.50. The van der Waals surface area contributed by atoms with Crippen LogP contribution in [0.5, 0.6) is 0 Å². The van der Waals surface area contributed by atoms with Gasteiger partial charge in [0.2, 0.25) is 0 Å². The van der Waals surface area contributed by atoms with Crippen LogP contribution in [0, 0.1) is 0 Å². The van der Waals surface area contributed by atoms with Gasteiger partial charge in [0.05, 0.1) is 38.8 Å². The number of aromatic nitrogens is 3. The van der Waals surface area contributed by atoms with E-state index in [1.165, 1.54) is 116 Å². The molecule has 0 aliphatic heterocycles. The Balaban J connectivity index is 1.06. The van der Waals surface area contributed by atoms with Crippen molar-refractivity contribution < 1.29 is 0 Å². The second kappa shape index (κ2) is 18.8. The molecule has 0 amide bonds. The zero-order chi connectivity index (χ0) is 52.5. The summed E-state index contributed by atoms with van der Waals surface area (Å²) < 4.78 is 7.64. The second-order valence-electron chi connectivity index (χ2n) is 21.5. The van der Waals surface area contributed by atoms with Gasteiger partial charge in [-0.2, -0.15) is 0 Å². The lowest BCUT2D eigenvalue weighted by molar-refractivity contribution is 0.477. The molecular weight excluding hydrogens is 943 g/mol. The van der Waals surface area contributed by atoms with Crippen LogP contribution in [0.1, 0.15) is 69.2 Å². The van der Waals surface area contributed by atoms with E-state index < -0.39 is 0 Å². The van der Waals surface area contributed by atoms with Gasteiger partial charge in [-0.15, -0.1) is 0 Å². The molecule has 0 N–H and O–H groups in total. The quantitative estimate of drug-likeness (QED) is 0.116. The third-order valence-electron chi connectivity index (χ3n) is 17.8. The highest BCUT2D eigenvalue weighted by Gasteiger charge is 2.36. The van der Waals surface area contributed by atoms with Gasteiger partial charge in [-0.25, -0.2) is 0 Å². The Labute approximate surface area is 456 Å². The summed E-state index contributed by atoms with van der Waals surface area (Å²) in [4.78, 5) is 0. The van der Waals surface area contributed by atoms with Crippen LogP contribution in [-0.4, -0.2) is 13.7 Å². The normalized spacial score (nSPS) is 12.9. The topological polar surface area (TPSA) is 14.8 Å². The third kappa shape index (κ3) is 7.18. The first-order valence-electron chi connectivity index (χ1n) is 27.9. The van der Waals surface area contributed by atoms with Crippen molar-refractivity contribution in [3.05, 3.63) is 283 Å². The Hall–Kier alpha value is -9.18. The van der Waals surface area contributed by atoms with Crippen molar-refractivity contribution in [1.82, 2.24) is 13.7 Å². The minimum atomic E-state index is -0.288. The van der Waals surface area contributed by atoms with Gasteiger partial charge in [0.1, 0.15) is 0 Å². The Morgan fingerprint density at radius 2 is 0.833 bits per heavy atom. The second-order valence-corrected chi connectivity index (χ2v) is 21.5. The SMILES string of the molecule is CCC(C)(c1ccccc1)c1cccc(-c2cccc(C(CC)(CC)c3ccccc3)c2-n2c3ccccc3c3ccc4c(c5ccccc5n4-c4ccc5c(c4)c4ccccc4n5-c4cccc(-c5ccccc5)c4)c32)c1. The molecule has 78 heavy (non-hydrogen) atoms. The molecule has 3 nitrogen and oxygen atoms in total. The lowest BCUT2D eigenvalue weighted by Crippen LogP contribution is -2.28. The zero-order valence-corrected chi connectivity index (χ0v) is 44.8. The molecule has 0 radical (unpaired) electrons. The summed E-state index contributed by atoms with van der Waals surface area (Å²) in [7, 11) is 0. The maximum atomic E-state index is 2.68. The molecule has 376 valence electrons. The highest BCUT2D eigenvalue weighted by molar-refractivity contribution is 6.26. The van der Waals surface area contributed by atoms with Crippen molar-refractivity contribution in [2.75, 3.05) is 0 Å². The summed E-state index contributed by atoms with van der Waals surface area (Å²) in [5.74, 6) is 0. The smallest absolute Gasteiger partial charge is 0.0641 e. The predicted octanol–water partition coefficient (Wildman–Crippen LogP) is 20.1. The molecule has 11 aromatic carbocycles. The fourth-order valence-electron chi connectivity index (χ4n) is 13.6. The first-order valence-corrected chi connectivity index (χ1v) is 27.9. The van der Waals surface area contributed by atoms with Crippen LogP contribution in [0.2, 0.25) is 0 Å². The van der Waals surface area contributed by atoms with Crippen molar-refractivity contribution in [3.63, 3.8) is 0 Å². The largest absolute Gasteiger partial charge is 0.309 e. The number of benzene rings is 11. The van der Waals surface area contributed by atoms with E-state index in [0.717, 1.165) is 30.6 Å². The zero-order valence-electron chi connectivity index (χ0n) is 44.8. The monoisotopic (exact) mass is 1000 g/mol. The number of hydrogen-bond acceptors (Lipinski definition) is 0. The van der Waals surface area contributed by atoms with Crippen LogP contribution >= 0.6 is 0 Å². The van der Waals surface area contributed by atoms with Gasteiger partial charge in [0, 0.05) is 60.1 Å². The first kappa shape index (κ1) is 47.3. The first-order chi connectivity index (χ1) is 38.4. The molecule has 1 atom stereocenters. The average molecular weight is 1000 g/mol. The van der Waals surface area contributed by atoms with E-state index >= 15 is 0 Å². The third-order valence-corrected chi connectivity index (χ3v) is 17.8. The maximum Gasteiger partial charge on any atom is 0.0641 e. The molecule has 0 saturated heterocycles. The number of nitrogens with zero attached hydrogens (tertiary/aromatic N) is 3. The fourth-order valence-corrected chi connectivity index (χ4v) is 13.6. The lowest BCUT2D eigenvalue weighted by atomic mass is 9.69. The van der Waals surface area contributed by atoms with Crippen LogP contribution in [0.15, 0.2) is 261 Å². The van der Waals surface area contributed by atoms with Gasteiger partial charge < -0.3 is 13.7 Å². The summed E-state index contributed by atoms with van der Waals surface area (Å²) in [6.07, 6.45) is 2.85. The molecular formula is C75H61N3. The fraction of sp³-hybridized carbons (Fsp3) is 0.120. The van der Waals surface area contributed by atoms with Gasteiger partial charge in [0.25, 0.3) is 0 Å². The average Bonchev–Trinajstić information content (AvgIpc) is 4.36. The summed E-state index contributed by atoms with van der Waals surface area (Å²) in [5.41, 5.74) is 20.4. The molecule has 14 aromatic rings. The standard InChI is InChI=1S/C75H61N3/c1-5-74(4,54-30-13-9-14-31-54)56-34-23-29-53(48-56)59-39-25-40-65(75(6-2,7-3)55-32-15-10-16-33-55)72(59)78-67-42-21-17-36-60(67)62-45-47-70-71(73(62)78)63-38-19-22-43-68(63)77(70)58-44-46-69-64(50-58)61-37-18-20-41-66(61)76(69)57-35-24-28-52(49-57)51-26-11-8-12-27-51/h8-50H,5-7H2,1-4H3. The van der Waals surface area contributed by atoms with E-state index in [1.807, 2.05) is 0 Å². The molecule has 1 unspecified atom stereocenters. The van der Waals surface area contributed by atoms with Crippen LogP contribution < -0.4 is 0 Å². The van der Waals surface area contributed by atoms with Crippen molar-refractivity contribution in [1.29, 1.82) is 0 Å². The van der Waals surface area contributed by atoms with E-state index in [-0.39, 0.29) is 10.8 Å². The number of hydrogen-bond donors (Lipinski definition) is 0. The number of rotatable bonds is 12. The van der Waals surface area contributed by atoms with Gasteiger partial charge in [-0.1, -0.05) is 234 Å². The summed E-state index contributed by atoms with van der Waals surface area (Å²) in [5, 5.41) is 7.41. The van der Waals surface area contributed by atoms with E-state index in [1.54, 1.807) is 0 Å². The predicted molar refractivity (Wildman–Crippen MR) is 331 cm³/mol. The minimum Gasteiger partial charge on any atom is -0.309 e. The molecule has 14 rings (SSSR count). The van der Waals surface area contributed by atoms with Gasteiger partial charge in [-0.05, 0) is 113 Å². The highest BCUT2D eigenvalue weighted by atomic mass is 15.0. The van der Waals surface area contributed by atoms with Crippen LogP contribution in [0.25, 0.3) is 105 Å². The van der Waals surface area contributed by atoms with Crippen molar-refractivity contribution >= 4 is 65.4 Å². The lowest BCUT2D eigenvalue weighted by Gasteiger charge is -2.36. The molecule has 3 heterocycles. The maximum absolute atomic E-state index is 2.68.